The minimum atomic E-state index is -0.591. The number of ether oxygens (including phenoxy) is 1. The van der Waals surface area contributed by atoms with Gasteiger partial charge in [-0.3, -0.25) is 4.79 Å². The highest BCUT2D eigenvalue weighted by atomic mass is 16.5. The fourth-order valence-corrected chi connectivity index (χ4v) is 2.29. The van der Waals surface area contributed by atoms with Crippen LogP contribution in [-0.2, 0) is 9.53 Å². The molecule has 0 amide bonds. The summed E-state index contributed by atoms with van der Waals surface area (Å²) < 4.78 is 12.0. The number of esters is 1. The van der Waals surface area contributed by atoms with Gasteiger partial charge in [-0.25, -0.2) is 0 Å². The minimum Gasteiger partial charge on any atom is -0.465 e. The van der Waals surface area contributed by atoms with Crippen molar-refractivity contribution in [1.29, 1.82) is 1.43 Å². The second-order valence-electron chi connectivity index (χ2n) is 4.99. The van der Waals surface area contributed by atoms with Crippen LogP contribution >= 0.6 is 0 Å². The largest absolute Gasteiger partial charge is 0.465 e. The Morgan fingerprint density at radius 3 is 2.61 bits per heavy atom. The first kappa shape index (κ1) is 13.8. The van der Waals surface area contributed by atoms with Crippen molar-refractivity contribution in [3.8, 4) is 0 Å². The van der Waals surface area contributed by atoms with Gasteiger partial charge < -0.3 is 20.1 Å². The lowest BCUT2D eigenvalue weighted by molar-refractivity contribution is -0.153. The Kier molecular flexibility index (Phi) is 6.47. The third kappa shape index (κ3) is 5.80. The number of carbonyl (C=O) groups is 1. The van der Waals surface area contributed by atoms with Gasteiger partial charge in [0, 0.05) is 6.61 Å². The molecule has 0 heterocycles. The summed E-state index contributed by atoms with van der Waals surface area (Å²) in [6.07, 6.45) is 3.72. The van der Waals surface area contributed by atoms with E-state index < -0.39 is 6.10 Å². The topological polar surface area (TPSA) is 87.0 Å². The predicted octanol–water partition coefficient (Wildman–Crippen LogP) is 0.604. The molecule has 1 fully saturated rings. The molecule has 1 aliphatic carbocycles. The van der Waals surface area contributed by atoms with Crippen molar-refractivity contribution >= 4 is 5.97 Å². The molecule has 3 N–H and O–H groups in total. The van der Waals surface area contributed by atoms with E-state index in [9.17, 15) is 9.90 Å². The highest BCUT2D eigenvalue weighted by Crippen LogP contribution is 2.25. The maximum Gasteiger partial charge on any atom is 0.309 e. The van der Waals surface area contributed by atoms with Crippen LogP contribution in [0.5, 0.6) is 0 Å². The molecule has 0 aromatic carbocycles. The first-order valence-electron chi connectivity index (χ1n) is 7.15. The fraction of sp³-hybridized carbons (Fsp3) is 0.923. The van der Waals surface area contributed by atoms with Gasteiger partial charge in [0.2, 0.25) is 1.43 Å². The molecule has 1 rings (SSSR count). The summed E-state index contributed by atoms with van der Waals surface area (Å²) >= 11 is 0. The van der Waals surface area contributed by atoms with Crippen molar-refractivity contribution in [2.24, 2.45) is 5.92 Å². The van der Waals surface area contributed by atoms with Crippen LogP contribution in [0.2, 0.25) is 0 Å². The summed E-state index contributed by atoms with van der Waals surface area (Å²) in [6, 6.07) is 0. The summed E-state index contributed by atoms with van der Waals surface area (Å²) in [6.45, 7) is 0.581. The monoisotopic (exact) mass is 261 g/mol. The van der Waals surface area contributed by atoms with Gasteiger partial charge in [-0.05, 0) is 38.5 Å². The van der Waals surface area contributed by atoms with Gasteiger partial charge in [0.05, 0.1) is 24.7 Å². The average Bonchev–Trinajstić information content (AvgIpc) is 2.41. The summed E-state index contributed by atoms with van der Waals surface area (Å²) in [5.74, 6) is -0.667. The van der Waals surface area contributed by atoms with Crippen molar-refractivity contribution in [3.05, 3.63) is 0 Å². The van der Waals surface area contributed by atoms with Crippen LogP contribution in [0.15, 0.2) is 0 Å². The van der Waals surface area contributed by atoms with E-state index in [0.717, 1.165) is 25.7 Å². The quantitative estimate of drug-likeness (QED) is 0.440. The smallest absolute Gasteiger partial charge is 0.309 e. The highest BCUT2D eigenvalue weighted by Gasteiger charge is 2.31. The summed E-state index contributed by atoms with van der Waals surface area (Å²) in [5, 5.41) is 22.7. The van der Waals surface area contributed by atoms with Gasteiger partial charge in [0.1, 0.15) is 0 Å². The van der Waals surface area contributed by atoms with Crippen LogP contribution in [0.25, 0.3) is 0 Å². The van der Waals surface area contributed by atoms with Crippen molar-refractivity contribution in [2.45, 2.75) is 57.2 Å². The molecule has 1 aliphatic rings. The molecule has 0 bridgehead atoms. The van der Waals surface area contributed by atoms with Gasteiger partial charge in [-0.1, -0.05) is 6.42 Å². The number of aliphatic hydroxyl groups excluding tert-OH is 3. The Labute approximate surface area is 109 Å². The van der Waals surface area contributed by atoms with Crippen LogP contribution in [0.4, 0.5) is 0 Å². The lowest BCUT2D eigenvalue weighted by Crippen LogP contribution is -2.34. The third-order valence-corrected chi connectivity index (χ3v) is 3.27. The van der Waals surface area contributed by atoms with Crippen molar-refractivity contribution < 1.29 is 24.9 Å². The lowest BCUT2D eigenvalue weighted by atomic mass is 9.85. The molecule has 3 atom stereocenters. The Bertz CT molecular complexity index is 261. The van der Waals surface area contributed by atoms with Gasteiger partial charge in [-0.2, -0.15) is 0 Å². The molecule has 18 heavy (non-hydrogen) atoms. The van der Waals surface area contributed by atoms with Gasteiger partial charge in [-0.15, -0.1) is 0 Å². The van der Waals surface area contributed by atoms with Crippen molar-refractivity contribution in [3.63, 3.8) is 0 Å². The molecule has 0 aromatic rings. The Hall–Kier alpha value is -0.650. The molecular weight excluding hydrogens is 236 g/mol. The fourth-order valence-electron chi connectivity index (χ4n) is 2.29. The zero-order valence-corrected chi connectivity index (χ0v) is 10.7. The summed E-state index contributed by atoms with van der Waals surface area (Å²) in [5.41, 5.74) is 0. The molecule has 0 spiro atoms. The van der Waals surface area contributed by atoms with Crippen LogP contribution in [0, 0.1) is 5.92 Å². The molecule has 0 aromatic heterocycles. The van der Waals surface area contributed by atoms with Crippen molar-refractivity contribution in [2.75, 3.05) is 13.2 Å². The zero-order chi connectivity index (χ0) is 14.1. The number of aliphatic hydroxyl groups is 3. The molecule has 3 unspecified atom stereocenters. The minimum absolute atomic E-state index is 0.203. The number of rotatable bonds is 8. The Morgan fingerprint density at radius 2 is 1.89 bits per heavy atom. The molecule has 106 valence electrons. The van der Waals surface area contributed by atoms with E-state index in [0.29, 0.717) is 25.9 Å². The molecule has 0 radical (unpaired) electrons. The summed E-state index contributed by atoms with van der Waals surface area (Å²) in [4.78, 5) is 11.8. The summed E-state index contributed by atoms with van der Waals surface area (Å²) in [7, 11) is 0. The van der Waals surface area contributed by atoms with Crippen LogP contribution in [0.3, 0.4) is 0 Å². The second-order valence-corrected chi connectivity index (χ2v) is 4.99. The average molecular weight is 261 g/mol. The second kappa shape index (κ2) is 8.45. The SMILES string of the molecule is [2H]OC1CC(O)CC(C(=O)OCCCCCCO)C1. The first-order valence-corrected chi connectivity index (χ1v) is 6.75. The van der Waals surface area contributed by atoms with Crippen LogP contribution in [-0.4, -0.2) is 48.1 Å². The van der Waals surface area contributed by atoms with Gasteiger partial charge in [0.15, 0.2) is 0 Å². The normalized spacial score (nSPS) is 28.8. The van der Waals surface area contributed by atoms with Crippen LogP contribution < -0.4 is 0 Å². The lowest BCUT2D eigenvalue weighted by Gasteiger charge is -2.28. The van der Waals surface area contributed by atoms with Gasteiger partial charge in [0.25, 0.3) is 0 Å². The van der Waals surface area contributed by atoms with E-state index in [1.54, 1.807) is 0 Å². The molecule has 0 saturated heterocycles. The van der Waals surface area contributed by atoms with E-state index in [2.05, 4.69) is 5.11 Å². The Balaban J connectivity index is 2.17. The molecule has 0 aliphatic heterocycles. The van der Waals surface area contributed by atoms with E-state index >= 15 is 0 Å². The van der Waals surface area contributed by atoms with E-state index in [4.69, 9.17) is 11.3 Å². The molecule has 1 saturated carbocycles. The van der Waals surface area contributed by atoms with E-state index in [-0.39, 0.29) is 24.6 Å². The first-order chi connectivity index (χ1) is 9.17. The number of carbonyl (C=O) groups excluding carboxylic acids is 1. The maximum absolute atomic E-state index is 11.8. The highest BCUT2D eigenvalue weighted by molar-refractivity contribution is 5.72. The zero-order valence-electron chi connectivity index (χ0n) is 11.7. The van der Waals surface area contributed by atoms with E-state index in [1.807, 2.05) is 0 Å². The predicted molar refractivity (Wildman–Crippen MR) is 65.9 cm³/mol. The molecular formula is C13H24O5. The third-order valence-electron chi connectivity index (χ3n) is 3.27. The van der Waals surface area contributed by atoms with Gasteiger partial charge >= 0.3 is 5.97 Å². The van der Waals surface area contributed by atoms with Crippen LogP contribution in [0.1, 0.15) is 44.9 Å². The number of hydrogen-bond acceptors (Lipinski definition) is 5. The van der Waals surface area contributed by atoms with E-state index in [1.165, 1.54) is 0 Å². The Morgan fingerprint density at radius 1 is 1.17 bits per heavy atom. The number of hydrogen-bond donors (Lipinski definition) is 3. The van der Waals surface area contributed by atoms with Crippen molar-refractivity contribution in [1.82, 2.24) is 0 Å². The standard InChI is InChI=1S/C13H24O5/c14-5-3-1-2-4-6-18-13(17)10-7-11(15)9-12(16)8-10/h10-12,14-16H,1-9H2/i15D. The molecule has 5 heteroatoms. The maximum atomic E-state index is 11.8. The molecule has 5 nitrogen and oxygen atoms in total. The number of unbranched alkanes of at least 4 members (excludes halogenated alkanes) is 3.